The first kappa shape index (κ1) is 16.5. The van der Waals surface area contributed by atoms with Gasteiger partial charge in [0, 0.05) is 13.0 Å². The van der Waals surface area contributed by atoms with Crippen molar-refractivity contribution >= 4 is 17.4 Å². The first-order chi connectivity index (χ1) is 12.4. The van der Waals surface area contributed by atoms with Crippen LogP contribution in [0.2, 0.25) is 0 Å². The van der Waals surface area contributed by atoms with Crippen LogP contribution in [0.1, 0.15) is 22.5 Å². The summed E-state index contributed by atoms with van der Waals surface area (Å²) < 4.78 is 48.2. The minimum absolute atomic E-state index is 0.0384. The van der Waals surface area contributed by atoms with Gasteiger partial charge in [0.2, 0.25) is 0 Å². The van der Waals surface area contributed by atoms with E-state index in [1.165, 1.54) is 17.2 Å². The predicted molar refractivity (Wildman–Crippen MR) is 87.6 cm³/mol. The lowest BCUT2D eigenvalue weighted by molar-refractivity contribution is 0.0467. The molecular formula is C17H15F3N4O2. The molecule has 2 aromatic rings. The molecule has 2 aliphatic rings. The summed E-state index contributed by atoms with van der Waals surface area (Å²) in [5, 5.41) is 2.68. The van der Waals surface area contributed by atoms with E-state index in [4.69, 9.17) is 10.2 Å². The highest BCUT2D eigenvalue weighted by atomic mass is 19.1. The molecule has 1 spiro atoms. The maximum Gasteiger partial charge on any atom is 0.289 e. The van der Waals surface area contributed by atoms with Crippen LogP contribution in [0.15, 0.2) is 39.9 Å². The van der Waals surface area contributed by atoms with Gasteiger partial charge in [-0.15, -0.1) is 0 Å². The van der Waals surface area contributed by atoms with Crippen molar-refractivity contribution in [2.24, 2.45) is 10.7 Å². The molecule has 3 N–H and O–H groups in total. The molecule has 3 heterocycles. The lowest BCUT2D eigenvalue weighted by Gasteiger charge is -2.44. The number of aliphatic imine (C=N–C) groups is 1. The van der Waals surface area contributed by atoms with Crippen LogP contribution in [0.3, 0.4) is 0 Å². The number of furan rings is 1. The summed E-state index contributed by atoms with van der Waals surface area (Å²) in [6.45, 7) is -0.133. The van der Waals surface area contributed by atoms with Gasteiger partial charge in [0.25, 0.3) is 5.91 Å². The molecule has 1 fully saturated rings. The van der Waals surface area contributed by atoms with E-state index >= 15 is 4.39 Å². The zero-order valence-electron chi connectivity index (χ0n) is 13.5. The van der Waals surface area contributed by atoms with Crippen molar-refractivity contribution in [2.45, 2.75) is 18.3 Å². The summed E-state index contributed by atoms with van der Waals surface area (Å²) in [6, 6.07) is 4.93. The molecular weight excluding hydrogens is 349 g/mol. The van der Waals surface area contributed by atoms with Crippen molar-refractivity contribution in [1.82, 2.24) is 4.90 Å². The summed E-state index contributed by atoms with van der Waals surface area (Å²) in [5.41, 5.74) is 3.82. The molecule has 0 radical (unpaired) electrons. The molecule has 1 amide bonds. The number of nitrogens with zero attached hydrogens (tertiary/aromatic N) is 2. The zero-order valence-corrected chi connectivity index (χ0v) is 13.5. The Morgan fingerprint density at radius 2 is 2.12 bits per heavy atom. The highest BCUT2D eigenvalue weighted by molar-refractivity contribution is 6.04. The third kappa shape index (κ3) is 2.42. The van der Waals surface area contributed by atoms with E-state index in [2.05, 4.69) is 10.3 Å². The number of anilines is 1. The van der Waals surface area contributed by atoms with Gasteiger partial charge in [-0.2, -0.15) is 0 Å². The van der Waals surface area contributed by atoms with Crippen molar-refractivity contribution in [3.8, 4) is 0 Å². The standard InChI is InChI=1S/C17H15F3N4O2/c18-9-3-4-10(19)14-13(9)15(21)23-17(22-14)5-6-24(8-12(17)20)16(25)11-2-1-7-26-11/h1-4,7,12,22H,5-6,8H2,(H2,21,23)/t12-,17-/m0/s1. The summed E-state index contributed by atoms with van der Waals surface area (Å²) in [6.07, 6.45) is -0.283. The van der Waals surface area contributed by atoms with E-state index in [9.17, 15) is 13.6 Å². The van der Waals surface area contributed by atoms with Crippen LogP contribution in [-0.4, -0.2) is 41.6 Å². The van der Waals surface area contributed by atoms with E-state index in [1.54, 1.807) is 6.07 Å². The lowest BCUT2D eigenvalue weighted by Crippen LogP contribution is -2.60. The summed E-state index contributed by atoms with van der Waals surface area (Å²) in [4.78, 5) is 17.7. The zero-order chi connectivity index (χ0) is 18.5. The second kappa shape index (κ2) is 5.79. The number of hydrogen-bond donors (Lipinski definition) is 2. The molecule has 0 bridgehead atoms. The average molecular weight is 364 g/mol. The van der Waals surface area contributed by atoms with Gasteiger partial charge in [-0.05, 0) is 24.3 Å². The van der Waals surface area contributed by atoms with Gasteiger partial charge in [-0.1, -0.05) is 0 Å². The number of piperidine rings is 1. The Labute approximate surface area is 146 Å². The van der Waals surface area contributed by atoms with Gasteiger partial charge < -0.3 is 20.4 Å². The first-order valence-corrected chi connectivity index (χ1v) is 8.00. The van der Waals surface area contributed by atoms with Crippen molar-refractivity contribution < 1.29 is 22.4 Å². The molecule has 9 heteroatoms. The molecule has 0 aliphatic carbocycles. The van der Waals surface area contributed by atoms with Crippen LogP contribution < -0.4 is 11.1 Å². The van der Waals surface area contributed by atoms with Crippen LogP contribution in [-0.2, 0) is 0 Å². The number of benzene rings is 1. The summed E-state index contributed by atoms with van der Waals surface area (Å²) in [5.74, 6) is -2.11. The van der Waals surface area contributed by atoms with Crippen molar-refractivity contribution in [2.75, 3.05) is 18.4 Å². The van der Waals surface area contributed by atoms with Gasteiger partial charge in [-0.3, -0.25) is 4.79 Å². The Hall–Kier alpha value is -2.97. The quantitative estimate of drug-likeness (QED) is 0.813. The number of likely N-dealkylation sites (tertiary alicyclic amines) is 1. The first-order valence-electron chi connectivity index (χ1n) is 8.00. The van der Waals surface area contributed by atoms with E-state index in [0.29, 0.717) is 0 Å². The minimum atomic E-state index is -1.68. The van der Waals surface area contributed by atoms with E-state index in [-0.39, 0.29) is 42.4 Å². The molecule has 2 aliphatic heterocycles. The maximum absolute atomic E-state index is 15.0. The van der Waals surface area contributed by atoms with Crippen LogP contribution in [0.25, 0.3) is 0 Å². The molecule has 1 saturated heterocycles. The monoisotopic (exact) mass is 364 g/mol. The number of carbonyl (C=O) groups excluding carboxylic acids is 1. The van der Waals surface area contributed by atoms with Gasteiger partial charge in [0.15, 0.2) is 17.6 Å². The Bertz CT molecular complexity index is 900. The minimum Gasteiger partial charge on any atom is -0.459 e. The van der Waals surface area contributed by atoms with Crippen molar-refractivity contribution in [3.05, 3.63) is 53.5 Å². The molecule has 0 saturated carbocycles. The summed E-state index contributed by atoms with van der Waals surface area (Å²) >= 11 is 0. The molecule has 2 atom stereocenters. The van der Waals surface area contributed by atoms with E-state index in [0.717, 1.165) is 12.1 Å². The number of amidine groups is 1. The topological polar surface area (TPSA) is 83.9 Å². The third-order valence-corrected chi connectivity index (χ3v) is 4.70. The highest BCUT2D eigenvalue weighted by Crippen LogP contribution is 2.38. The number of halogens is 3. The predicted octanol–water partition coefficient (Wildman–Crippen LogP) is 2.27. The SMILES string of the molecule is NC1=N[C@]2(CCN(C(=O)c3ccco3)C[C@@H]2F)Nc2c(F)ccc(F)c21. The number of fused-ring (bicyclic) bond motifs is 1. The fourth-order valence-corrected chi connectivity index (χ4v) is 3.34. The lowest BCUT2D eigenvalue weighted by atomic mass is 9.91. The number of carbonyl (C=O) groups is 1. The van der Waals surface area contributed by atoms with Crippen LogP contribution in [0.5, 0.6) is 0 Å². The largest absolute Gasteiger partial charge is 0.459 e. The van der Waals surface area contributed by atoms with Gasteiger partial charge in [0.05, 0.1) is 24.1 Å². The third-order valence-electron chi connectivity index (χ3n) is 4.70. The molecule has 4 rings (SSSR count). The maximum atomic E-state index is 15.0. The van der Waals surface area contributed by atoms with Crippen molar-refractivity contribution in [3.63, 3.8) is 0 Å². The normalized spacial score (nSPS) is 24.8. The van der Waals surface area contributed by atoms with Gasteiger partial charge >= 0.3 is 0 Å². The molecule has 0 unspecified atom stereocenters. The molecule has 1 aromatic heterocycles. The molecule has 1 aromatic carbocycles. The Balaban J connectivity index is 1.63. The Morgan fingerprint density at radius 1 is 1.35 bits per heavy atom. The highest BCUT2D eigenvalue weighted by Gasteiger charge is 2.48. The second-order valence-corrected chi connectivity index (χ2v) is 6.27. The number of hydrogen-bond acceptors (Lipinski definition) is 5. The molecule has 6 nitrogen and oxygen atoms in total. The molecule has 136 valence electrons. The van der Waals surface area contributed by atoms with Gasteiger partial charge in [0.1, 0.15) is 17.5 Å². The fraction of sp³-hybridized carbons (Fsp3) is 0.294. The van der Waals surface area contributed by atoms with Crippen LogP contribution >= 0.6 is 0 Å². The second-order valence-electron chi connectivity index (χ2n) is 6.27. The number of nitrogens with one attached hydrogen (secondary N) is 1. The number of amides is 1. The molecule has 26 heavy (non-hydrogen) atoms. The van der Waals surface area contributed by atoms with Crippen LogP contribution in [0, 0.1) is 11.6 Å². The Kier molecular flexibility index (Phi) is 3.67. The smallest absolute Gasteiger partial charge is 0.289 e. The van der Waals surface area contributed by atoms with Crippen molar-refractivity contribution in [1.29, 1.82) is 0 Å². The van der Waals surface area contributed by atoms with E-state index < -0.39 is 29.4 Å². The Morgan fingerprint density at radius 3 is 2.81 bits per heavy atom. The number of nitrogens with two attached hydrogens (primary N) is 1. The average Bonchev–Trinajstić information content (AvgIpc) is 3.14. The fourth-order valence-electron chi connectivity index (χ4n) is 3.34. The number of alkyl halides is 1. The number of rotatable bonds is 1. The van der Waals surface area contributed by atoms with E-state index in [1.807, 2.05) is 0 Å². The van der Waals surface area contributed by atoms with Gasteiger partial charge in [-0.25, -0.2) is 18.2 Å². The summed E-state index contributed by atoms with van der Waals surface area (Å²) in [7, 11) is 0. The van der Waals surface area contributed by atoms with Crippen LogP contribution in [0.4, 0.5) is 18.9 Å².